The second-order valence-corrected chi connectivity index (χ2v) is 9.24. The second kappa shape index (κ2) is 9.34. The normalized spacial score (nSPS) is 17.7. The van der Waals surface area contributed by atoms with Crippen molar-refractivity contribution in [2.75, 3.05) is 18.8 Å². The molecule has 28 heavy (non-hydrogen) atoms. The van der Waals surface area contributed by atoms with E-state index in [9.17, 15) is 13.2 Å². The minimum Gasteiger partial charge on any atom is -0.354 e. The van der Waals surface area contributed by atoms with Crippen molar-refractivity contribution in [1.82, 2.24) is 9.62 Å². The van der Waals surface area contributed by atoms with Gasteiger partial charge in [-0.3, -0.25) is 4.79 Å². The summed E-state index contributed by atoms with van der Waals surface area (Å²) in [6.07, 6.45) is 1.86. The van der Waals surface area contributed by atoms with Crippen molar-refractivity contribution in [3.8, 4) is 0 Å². The van der Waals surface area contributed by atoms with E-state index in [1.54, 1.807) is 0 Å². The number of carbonyl (C=O) groups excluding carboxylic acids is 1. The molecule has 5 nitrogen and oxygen atoms in total. The van der Waals surface area contributed by atoms with Crippen LogP contribution in [0.25, 0.3) is 0 Å². The molecule has 6 heteroatoms. The Bertz CT molecular complexity index is 830. The Morgan fingerprint density at radius 2 is 1.64 bits per heavy atom. The van der Waals surface area contributed by atoms with Gasteiger partial charge in [0.15, 0.2) is 0 Å². The molecule has 1 unspecified atom stereocenters. The maximum absolute atomic E-state index is 12.9. The first-order chi connectivity index (χ1) is 13.5. The summed E-state index contributed by atoms with van der Waals surface area (Å²) >= 11 is 0. The molecule has 1 atom stereocenters. The molecule has 150 valence electrons. The van der Waals surface area contributed by atoms with Crippen LogP contribution < -0.4 is 5.32 Å². The van der Waals surface area contributed by atoms with Crippen LogP contribution in [-0.2, 0) is 14.8 Å². The standard InChI is InChI=1S/C22H28N2O3S/c1-2-16-28(26,27)24-15-9-14-21(24)22(25)23-17-20(18-10-5-3-6-11-18)19-12-7-4-8-13-19/h3-8,10-13,20-21H,2,9,14-17H2,1H3,(H,23,25). The lowest BCUT2D eigenvalue weighted by molar-refractivity contribution is -0.124. The number of benzene rings is 2. The number of hydrogen-bond acceptors (Lipinski definition) is 3. The van der Waals surface area contributed by atoms with Crippen LogP contribution in [0.15, 0.2) is 60.7 Å². The molecular formula is C22H28N2O3S. The largest absolute Gasteiger partial charge is 0.354 e. The Morgan fingerprint density at radius 1 is 1.07 bits per heavy atom. The van der Waals surface area contributed by atoms with Gasteiger partial charge in [-0.2, -0.15) is 4.31 Å². The third-order valence-electron chi connectivity index (χ3n) is 5.21. The Morgan fingerprint density at radius 3 is 2.18 bits per heavy atom. The maximum Gasteiger partial charge on any atom is 0.238 e. The zero-order valence-electron chi connectivity index (χ0n) is 16.3. The van der Waals surface area contributed by atoms with Crippen LogP contribution in [0.1, 0.15) is 43.2 Å². The predicted octanol–water partition coefficient (Wildman–Crippen LogP) is 3.14. The van der Waals surface area contributed by atoms with E-state index in [0.29, 0.717) is 25.9 Å². The van der Waals surface area contributed by atoms with E-state index < -0.39 is 16.1 Å². The highest BCUT2D eigenvalue weighted by Crippen LogP contribution is 2.25. The van der Waals surface area contributed by atoms with Crippen molar-refractivity contribution in [3.63, 3.8) is 0 Å². The molecule has 0 saturated carbocycles. The Labute approximate surface area is 167 Å². The molecule has 1 N–H and O–H groups in total. The van der Waals surface area contributed by atoms with Crippen molar-refractivity contribution < 1.29 is 13.2 Å². The molecule has 0 radical (unpaired) electrons. The quantitative estimate of drug-likeness (QED) is 0.740. The van der Waals surface area contributed by atoms with Gasteiger partial charge in [0.2, 0.25) is 15.9 Å². The Kier molecular flexibility index (Phi) is 6.86. The molecule has 3 rings (SSSR count). The average Bonchev–Trinajstić information content (AvgIpc) is 3.21. The predicted molar refractivity (Wildman–Crippen MR) is 112 cm³/mol. The lowest BCUT2D eigenvalue weighted by Gasteiger charge is -2.25. The summed E-state index contributed by atoms with van der Waals surface area (Å²) in [5, 5.41) is 3.02. The second-order valence-electron chi connectivity index (χ2n) is 7.20. The fraction of sp³-hybridized carbons (Fsp3) is 0.409. The van der Waals surface area contributed by atoms with Gasteiger partial charge in [-0.05, 0) is 30.4 Å². The molecule has 1 aliphatic rings. The molecule has 0 spiro atoms. The van der Waals surface area contributed by atoms with Gasteiger partial charge in [0.05, 0.1) is 5.75 Å². The van der Waals surface area contributed by atoms with Crippen LogP contribution in [0.4, 0.5) is 0 Å². The minimum absolute atomic E-state index is 0.0217. The van der Waals surface area contributed by atoms with Crippen LogP contribution in [0.2, 0.25) is 0 Å². The van der Waals surface area contributed by atoms with Gasteiger partial charge < -0.3 is 5.32 Å². The minimum atomic E-state index is -3.37. The monoisotopic (exact) mass is 400 g/mol. The SMILES string of the molecule is CCCS(=O)(=O)N1CCCC1C(=O)NCC(c1ccccc1)c1ccccc1. The summed E-state index contributed by atoms with van der Waals surface area (Å²) in [7, 11) is -3.37. The summed E-state index contributed by atoms with van der Waals surface area (Å²) in [4.78, 5) is 12.9. The van der Waals surface area contributed by atoms with Gasteiger partial charge in [0.25, 0.3) is 0 Å². The van der Waals surface area contributed by atoms with Crippen molar-refractivity contribution in [3.05, 3.63) is 71.8 Å². The van der Waals surface area contributed by atoms with Gasteiger partial charge in [-0.1, -0.05) is 67.6 Å². The number of nitrogens with one attached hydrogen (secondary N) is 1. The van der Waals surface area contributed by atoms with E-state index in [-0.39, 0.29) is 17.6 Å². The fourth-order valence-corrected chi connectivity index (χ4v) is 5.58. The van der Waals surface area contributed by atoms with Crippen LogP contribution >= 0.6 is 0 Å². The molecule has 1 saturated heterocycles. The number of hydrogen-bond donors (Lipinski definition) is 1. The molecular weight excluding hydrogens is 372 g/mol. The lowest BCUT2D eigenvalue weighted by atomic mass is 9.91. The highest BCUT2D eigenvalue weighted by Gasteiger charge is 2.38. The molecule has 0 aromatic heterocycles. The number of carbonyl (C=O) groups is 1. The number of amides is 1. The zero-order valence-corrected chi connectivity index (χ0v) is 17.1. The van der Waals surface area contributed by atoms with Gasteiger partial charge in [0.1, 0.15) is 6.04 Å². The summed E-state index contributed by atoms with van der Waals surface area (Å²) in [6.45, 7) is 2.71. The molecule has 1 fully saturated rings. The summed E-state index contributed by atoms with van der Waals surface area (Å²) in [6, 6.07) is 19.5. The van der Waals surface area contributed by atoms with Gasteiger partial charge in [0, 0.05) is 19.0 Å². The Balaban J connectivity index is 1.74. The molecule has 0 bridgehead atoms. The number of sulfonamides is 1. The topological polar surface area (TPSA) is 66.5 Å². The summed E-state index contributed by atoms with van der Waals surface area (Å²) in [5.74, 6) is -0.0875. The van der Waals surface area contributed by atoms with Crippen LogP contribution in [0.3, 0.4) is 0 Å². The molecule has 1 amide bonds. The number of rotatable bonds is 8. The molecule has 1 heterocycles. The van der Waals surface area contributed by atoms with E-state index in [4.69, 9.17) is 0 Å². The van der Waals surface area contributed by atoms with Gasteiger partial charge in [-0.25, -0.2) is 8.42 Å². The zero-order chi connectivity index (χ0) is 20.0. The van der Waals surface area contributed by atoms with Gasteiger partial charge >= 0.3 is 0 Å². The third kappa shape index (κ3) is 4.80. The van der Waals surface area contributed by atoms with E-state index in [2.05, 4.69) is 29.6 Å². The maximum atomic E-state index is 12.9. The van der Waals surface area contributed by atoms with Crippen molar-refractivity contribution in [2.24, 2.45) is 0 Å². The van der Waals surface area contributed by atoms with Crippen LogP contribution in [-0.4, -0.2) is 43.5 Å². The highest BCUT2D eigenvalue weighted by atomic mass is 32.2. The molecule has 2 aromatic rings. The summed E-state index contributed by atoms with van der Waals surface area (Å²) in [5.41, 5.74) is 2.24. The molecule has 0 aliphatic carbocycles. The highest BCUT2D eigenvalue weighted by molar-refractivity contribution is 7.89. The smallest absolute Gasteiger partial charge is 0.238 e. The lowest BCUT2D eigenvalue weighted by Crippen LogP contribution is -2.47. The first-order valence-electron chi connectivity index (χ1n) is 9.90. The van der Waals surface area contributed by atoms with Crippen LogP contribution in [0, 0.1) is 0 Å². The van der Waals surface area contributed by atoms with Crippen molar-refractivity contribution in [1.29, 1.82) is 0 Å². The summed E-state index contributed by atoms with van der Waals surface area (Å²) < 4.78 is 26.3. The van der Waals surface area contributed by atoms with E-state index in [1.165, 1.54) is 4.31 Å². The first kappa shape index (κ1) is 20.6. The fourth-order valence-electron chi connectivity index (χ4n) is 3.83. The van der Waals surface area contributed by atoms with E-state index in [0.717, 1.165) is 17.5 Å². The van der Waals surface area contributed by atoms with Crippen molar-refractivity contribution in [2.45, 2.75) is 38.1 Å². The van der Waals surface area contributed by atoms with E-state index in [1.807, 2.05) is 43.3 Å². The number of nitrogens with zero attached hydrogens (tertiary/aromatic N) is 1. The van der Waals surface area contributed by atoms with Gasteiger partial charge in [-0.15, -0.1) is 0 Å². The Hall–Kier alpha value is -2.18. The van der Waals surface area contributed by atoms with Crippen molar-refractivity contribution >= 4 is 15.9 Å². The van der Waals surface area contributed by atoms with E-state index >= 15 is 0 Å². The first-order valence-corrected chi connectivity index (χ1v) is 11.5. The molecule has 1 aliphatic heterocycles. The third-order valence-corrected chi connectivity index (χ3v) is 7.29. The van der Waals surface area contributed by atoms with Crippen LogP contribution in [0.5, 0.6) is 0 Å². The average molecular weight is 401 g/mol. The molecule has 2 aromatic carbocycles.